The number of hydrogen-bond donors (Lipinski definition) is 1. The first-order valence-corrected chi connectivity index (χ1v) is 8.11. The van der Waals surface area contributed by atoms with E-state index in [9.17, 15) is 14.7 Å². The Morgan fingerprint density at radius 1 is 1.43 bits per heavy atom. The van der Waals surface area contributed by atoms with E-state index in [4.69, 9.17) is 4.74 Å². The van der Waals surface area contributed by atoms with Crippen molar-refractivity contribution in [3.8, 4) is 0 Å². The minimum Gasteiger partial charge on any atom is -0.481 e. The Labute approximate surface area is 135 Å². The molecule has 0 aromatic carbocycles. The number of rotatable bonds is 3. The molecule has 2 fully saturated rings. The van der Waals surface area contributed by atoms with Crippen LogP contribution in [0.4, 0.5) is 0 Å². The topological polar surface area (TPSA) is 84.7 Å². The molecule has 1 amide bonds. The van der Waals surface area contributed by atoms with Gasteiger partial charge >= 0.3 is 5.97 Å². The molecule has 7 heteroatoms. The molecule has 1 spiro atoms. The number of carbonyl (C=O) groups excluding carboxylic acids is 1. The summed E-state index contributed by atoms with van der Waals surface area (Å²) in [6, 6.07) is 1.77. The zero-order valence-electron chi connectivity index (χ0n) is 13.6. The maximum atomic E-state index is 12.9. The van der Waals surface area contributed by atoms with E-state index in [-0.39, 0.29) is 17.9 Å². The van der Waals surface area contributed by atoms with Crippen LogP contribution in [-0.2, 0) is 16.1 Å². The number of amides is 1. The van der Waals surface area contributed by atoms with E-state index in [1.54, 1.807) is 15.6 Å². The van der Waals surface area contributed by atoms with Crippen LogP contribution >= 0.6 is 0 Å². The van der Waals surface area contributed by atoms with Crippen molar-refractivity contribution in [2.45, 2.75) is 33.2 Å². The lowest BCUT2D eigenvalue weighted by molar-refractivity contribution is -0.146. The molecule has 1 atom stereocenters. The lowest BCUT2D eigenvalue weighted by Crippen LogP contribution is -2.40. The van der Waals surface area contributed by atoms with Crippen LogP contribution in [-0.4, -0.2) is 58.0 Å². The summed E-state index contributed by atoms with van der Waals surface area (Å²) in [6.07, 6.45) is 1.39. The van der Waals surface area contributed by atoms with E-state index < -0.39 is 11.9 Å². The van der Waals surface area contributed by atoms with E-state index >= 15 is 0 Å². The fourth-order valence-corrected chi connectivity index (χ4v) is 3.87. The Kier molecular flexibility index (Phi) is 4.14. The number of likely N-dealkylation sites (tertiary alicyclic amines) is 1. The molecule has 2 aliphatic rings. The summed E-state index contributed by atoms with van der Waals surface area (Å²) in [5, 5.41) is 13.9. The van der Waals surface area contributed by atoms with Gasteiger partial charge in [0.05, 0.1) is 11.6 Å². The van der Waals surface area contributed by atoms with Crippen LogP contribution in [0, 0.1) is 18.3 Å². The van der Waals surface area contributed by atoms with Gasteiger partial charge in [-0.05, 0) is 32.8 Å². The fourth-order valence-electron chi connectivity index (χ4n) is 3.87. The SMILES string of the molecule is CCn1nc(C)cc1C(=O)N1CC(C(=O)O)C2(CCOCC2)C1. The standard InChI is InChI=1S/C16H23N3O4/c1-3-19-13(8-11(2)17-19)14(20)18-9-12(15(21)22)16(10-18)4-6-23-7-5-16/h8,12H,3-7,9-10H2,1-2H3,(H,21,22). The first-order chi connectivity index (χ1) is 11.0. The van der Waals surface area contributed by atoms with Crippen molar-refractivity contribution in [3.05, 3.63) is 17.5 Å². The van der Waals surface area contributed by atoms with Crippen molar-refractivity contribution >= 4 is 11.9 Å². The minimum absolute atomic E-state index is 0.123. The summed E-state index contributed by atoms with van der Waals surface area (Å²) >= 11 is 0. The molecule has 2 aliphatic heterocycles. The van der Waals surface area contributed by atoms with Gasteiger partial charge in [0, 0.05) is 38.3 Å². The summed E-state index contributed by atoms with van der Waals surface area (Å²) in [7, 11) is 0. The molecule has 0 saturated carbocycles. The van der Waals surface area contributed by atoms with Gasteiger partial charge in [0.2, 0.25) is 0 Å². The van der Waals surface area contributed by atoms with Crippen LogP contribution in [0.3, 0.4) is 0 Å². The van der Waals surface area contributed by atoms with E-state index in [2.05, 4.69) is 5.10 Å². The van der Waals surface area contributed by atoms with E-state index in [0.717, 1.165) is 5.69 Å². The molecular weight excluding hydrogens is 298 g/mol. The Hall–Kier alpha value is -1.89. The van der Waals surface area contributed by atoms with Crippen molar-refractivity contribution in [1.29, 1.82) is 0 Å². The third-order valence-electron chi connectivity index (χ3n) is 5.14. The average molecular weight is 321 g/mol. The summed E-state index contributed by atoms with van der Waals surface area (Å²) in [6.45, 7) is 6.29. The Balaban J connectivity index is 1.86. The van der Waals surface area contributed by atoms with Gasteiger partial charge in [-0.1, -0.05) is 0 Å². The zero-order chi connectivity index (χ0) is 16.6. The summed E-state index contributed by atoms with van der Waals surface area (Å²) in [5.74, 6) is -1.46. The molecule has 126 valence electrons. The molecule has 1 aromatic heterocycles. The van der Waals surface area contributed by atoms with Crippen molar-refractivity contribution < 1.29 is 19.4 Å². The van der Waals surface area contributed by atoms with Gasteiger partial charge in [0.25, 0.3) is 5.91 Å². The number of carbonyl (C=O) groups is 2. The molecule has 0 radical (unpaired) electrons. The first kappa shape index (κ1) is 16.0. The van der Waals surface area contributed by atoms with Crippen LogP contribution < -0.4 is 0 Å². The number of aliphatic carboxylic acids is 1. The molecule has 3 heterocycles. The van der Waals surface area contributed by atoms with E-state index in [1.807, 2.05) is 13.8 Å². The number of nitrogens with zero attached hydrogens (tertiary/aromatic N) is 3. The lowest BCUT2D eigenvalue weighted by Gasteiger charge is -2.36. The lowest BCUT2D eigenvalue weighted by atomic mass is 9.72. The van der Waals surface area contributed by atoms with Gasteiger partial charge in [-0.25, -0.2) is 0 Å². The minimum atomic E-state index is -0.817. The van der Waals surface area contributed by atoms with Gasteiger partial charge in [-0.2, -0.15) is 5.10 Å². The number of aryl methyl sites for hydroxylation is 2. The number of hydrogen-bond acceptors (Lipinski definition) is 4. The van der Waals surface area contributed by atoms with Gasteiger partial charge in [-0.15, -0.1) is 0 Å². The van der Waals surface area contributed by atoms with Gasteiger partial charge in [0.1, 0.15) is 5.69 Å². The second-order valence-electron chi connectivity index (χ2n) is 6.54. The largest absolute Gasteiger partial charge is 0.481 e. The second kappa shape index (κ2) is 5.96. The molecule has 1 unspecified atom stereocenters. The molecular formula is C16H23N3O4. The van der Waals surface area contributed by atoms with Gasteiger partial charge in [-0.3, -0.25) is 14.3 Å². The maximum Gasteiger partial charge on any atom is 0.308 e. The summed E-state index contributed by atoms with van der Waals surface area (Å²) in [5.41, 5.74) is 0.981. The zero-order valence-corrected chi connectivity index (χ0v) is 13.6. The number of carboxylic acid groups (broad SMARTS) is 1. The van der Waals surface area contributed by atoms with E-state index in [1.165, 1.54) is 0 Å². The van der Waals surface area contributed by atoms with Crippen molar-refractivity contribution in [2.75, 3.05) is 26.3 Å². The maximum absolute atomic E-state index is 12.9. The number of carboxylic acids is 1. The van der Waals surface area contributed by atoms with Crippen LogP contribution in [0.1, 0.15) is 35.9 Å². The smallest absolute Gasteiger partial charge is 0.308 e. The Bertz CT molecular complexity index is 619. The van der Waals surface area contributed by atoms with Crippen molar-refractivity contribution in [1.82, 2.24) is 14.7 Å². The molecule has 0 aliphatic carbocycles. The normalized spacial score (nSPS) is 23.4. The van der Waals surface area contributed by atoms with Crippen LogP contribution in [0.15, 0.2) is 6.07 Å². The molecule has 23 heavy (non-hydrogen) atoms. The van der Waals surface area contributed by atoms with Gasteiger partial charge < -0.3 is 14.7 Å². The predicted octanol–water partition coefficient (Wildman–Crippen LogP) is 1.16. The third kappa shape index (κ3) is 2.73. The van der Waals surface area contributed by atoms with Crippen molar-refractivity contribution in [2.24, 2.45) is 11.3 Å². The van der Waals surface area contributed by atoms with Crippen LogP contribution in [0.5, 0.6) is 0 Å². The van der Waals surface area contributed by atoms with E-state index in [0.29, 0.717) is 44.8 Å². The Morgan fingerprint density at radius 3 is 2.74 bits per heavy atom. The second-order valence-corrected chi connectivity index (χ2v) is 6.54. The van der Waals surface area contributed by atoms with Crippen LogP contribution in [0.25, 0.3) is 0 Å². The molecule has 2 saturated heterocycles. The molecule has 1 aromatic rings. The van der Waals surface area contributed by atoms with Crippen molar-refractivity contribution in [3.63, 3.8) is 0 Å². The monoisotopic (exact) mass is 321 g/mol. The van der Waals surface area contributed by atoms with Crippen LogP contribution in [0.2, 0.25) is 0 Å². The Morgan fingerprint density at radius 2 is 2.13 bits per heavy atom. The molecule has 0 bridgehead atoms. The predicted molar refractivity (Wildman–Crippen MR) is 82.2 cm³/mol. The summed E-state index contributed by atoms with van der Waals surface area (Å²) in [4.78, 5) is 26.3. The number of aromatic nitrogens is 2. The highest BCUT2D eigenvalue weighted by Crippen LogP contribution is 2.44. The first-order valence-electron chi connectivity index (χ1n) is 8.11. The molecule has 3 rings (SSSR count). The quantitative estimate of drug-likeness (QED) is 0.903. The third-order valence-corrected chi connectivity index (χ3v) is 5.14. The molecule has 1 N–H and O–H groups in total. The fraction of sp³-hybridized carbons (Fsp3) is 0.688. The van der Waals surface area contributed by atoms with Gasteiger partial charge in [0.15, 0.2) is 0 Å². The number of ether oxygens (including phenoxy) is 1. The summed E-state index contributed by atoms with van der Waals surface area (Å²) < 4.78 is 7.08. The molecule has 7 nitrogen and oxygen atoms in total. The highest BCUT2D eigenvalue weighted by Gasteiger charge is 2.52. The highest BCUT2D eigenvalue weighted by atomic mass is 16.5. The highest BCUT2D eigenvalue weighted by molar-refractivity contribution is 5.93. The average Bonchev–Trinajstić information content (AvgIpc) is 3.08.